The third-order valence-corrected chi connectivity index (χ3v) is 10.4. The summed E-state index contributed by atoms with van der Waals surface area (Å²) in [6.45, 7) is 1.76. The van der Waals surface area contributed by atoms with E-state index in [1.807, 2.05) is 0 Å². The van der Waals surface area contributed by atoms with Gasteiger partial charge < -0.3 is 36.2 Å². The molecule has 2 saturated carbocycles. The number of hydrogen-bond donors (Lipinski definition) is 8. The van der Waals surface area contributed by atoms with Gasteiger partial charge in [-0.05, 0) is 75.1 Å². The van der Waals surface area contributed by atoms with Crippen molar-refractivity contribution in [2.75, 3.05) is 37.6 Å². The average Bonchev–Trinajstić information content (AvgIpc) is 3.54. The summed E-state index contributed by atoms with van der Waals surface area (Å²) in [5.41, 5.74) is 10.2. The van der Waals surface area contributed by atoms with Crippen LogP contribution in [0.3, 0.4) is 0 Å². The van der Waals surface area contributed by atoms with Gasteiger partial charge in [-0.1, -0.05) is 12.5 Å². The molecule has 1 aromatic rings. The number of benzene rings is 1. The van der Waals surface area contributed by atoms with Crippen LogP contribution in [0.4, 0.5) is 11.4 Å². The summed E-state index contributed by atoms with van der Waals surface area (Å²) in [7, 11) is 2.12. The highest BCUT2D eigenvalue weighted by Crippen LogP contribution is 2.41. The molecule has 39 heavy (non-hydrogen) atoms. The maximum atomic E-state index is 10.9. The molecule has 3 saturated heterocycles. The molecule has 8 atom stereocenters. The molecule has 0 radical (unpaired) electrons. The molecule has 1 aromatic carbocycles. The first-order valence-corrected chi connectivity index (χ1v) is 15.0. The van der Waals surface area contributed by atoms with Crippen molar-refractivity contribution in [3.05, 3.63) is 23.8 Å². The second kappa shape index (κ2) is 10.7. The smallest absolute Gasteiger partial charge is 0.142 e. The van der Waals surface area contributed by atoms with Crippen LogP contribution in [0, 0.1) is 5.92 Å². The zero-order chi connectivity index (χ0) is 26.7. The summed E-state index contributed by atoms with van der Waals surface area (Å²) in [4.78, 5) is 4.36. The standard InChI is InChI=1S/C28H46N8O3/c1-35(12-21-24(37)25(38)28(39-21)36-14-32-23-26(29)30-13-31-27(23)36)18-9-15(10-18)5-8-22-33-19-7-6-17(11-20(19)34-22)16-3-2-4-16/h6-7,11,15-16,18,21-28,30-34,37-38H,2-5,8-10,12-14,29H2,1H3/t15-,18-,21-,22?,23?,24-,25-,26?,27?,28-/m1/s1. The molecule has 0 bridgehead atoms. The van der Waals surface area contributed by atoms with Gasteiger partial charge in [-0.15, -0.1) is 0 Å². The number of likely N-dealkylation sites (N-methyl/N-ethyl adjacent to an activating group) is 1. The number of hydrogen-bond acceptors (Lipinski definition) is 11. The van der Waals surface area contributed by atoms with Crippen LogP contribution in [0.2, 0.25) is 0 Å². The van der Waals surface area contributed by atoms with Crippen molar-refractivity contribution in [1.29, 1.82) is 0 Å². The van der Waals surface area contributed by atoms with Gasteiger partial charge in [-0.25, -0.2) is 4.90 Å². The highest BCUT2D eigenvalue weighted by molar-refractivity contribution is 5.75. The lowest BCUT2D eigenvalue weighted by molar-refractivity contribution is -0.108. The van der Waals surface area contributed by atoms with E-state index in [0.29, 0.717) is 32.1 Å². The first-order chi connectivity index (χ1) is 18.9. The Morgan fingerprint density at radius 2 is 1.87 bits per heavy atom. The Morgan fingerprint density at radius 1 is 1.05 bits per heavy atom. The van der Waals surface area contributed by atoms with Gasteiger partial charge >= 0.3 is 0 Å². The lowest BCUT2D eigenvalue weighted by atomic mass is 9.76. The second-order valence-corrected chi connectivity index (χ2v) is 12.8. The van der Waals surface area contributed by atoms with Gasteiger partial charge in [0.25, 0.3) is 0 Å². The molecule has 11 nitrogen and oxygen atoms in total. The van der Waals surface area contributed by atoms with Crippen LogP contribution in [0.15, 0.2) is 18.2 Å². The first kappa shape index (κ1) is 26.4. The van der Waals surface area contributed by atoms with Crippen molar-refractivity contribution < 1.29 is 14.9 Å². The third-order valence-electron chi connectivity index (χ3n) is 10.4. The van der Waals surface area contributed by atoms with E-state index < -0.39 is 24.5 Å². The Bertz CT molecular complexity index is 1020. The molecule has 2 aliphatic carbocycles. The van der Waals surface area contributed by atoms with E-state index in [-0.39, 0.29) is 18.4 Å². The van der Waals surface area contributed by atoms with Gasteiger partial charge in [-0.3, -0.25) is 16.0 Å². The maximum Gasteiger partial charge on any atom is 0.142 e. The summed E-state index contributed by atoms with van der Waals surface area (Å²) in [5, 5.41) is 39.1. The summed E-state index contributed by atoms with van der Waals surface area (Å²) < 4.78 is 6.28. The Balaban J connectivity index is 0.851. The molecule has 4 heterocycles. The molecule has 0 aromatic heterocycles. The van der Waals surface area contributed by atoms with Crippen LogP contribution >= 0.6 is 0 Å². The highest BCUT2D eigenvalue weighted by atomic mass is 16.6. The molecule has 216 valence electrons. The van der Waals surface area contributed by atoms with Crippen molar-refractivity contribution in [3.63, 3.8) is 0 Å². The molecule has 4 aliphatic heterocycles. The molecular weight excluding hydrogens is 496 g/mol. The van der Waals surface area contributed by atoms with Crippen LogP contribution in [0.25, 0.3) is 0 Å². The van der Waals surface area contributed by atoms with Crippen LogP contribution < -0.4 is 32.3 Å². The molecule has 4 unspecified atom stereocenters. The summed E-state index contributed by atoms with van der Waals surface area (Å²) in [6, 6.07) is 7.43. The van der Waals surface area contributed by atoms with E-state index in [1.165, 1.54) is 55.5 Å². The molecule has 9 N–H and O–H groups in total. The van der Waals surface area contributed by atoms with Crippen molar-refractivity contribution >= 4 is 11.4 Å². The van der Waals surface area contributed by atoms with Crippen molar-refractivity contribution in [2.45, 2.75) is 106 Å². The van der Waals surface area contributed by atoms with Gasteiger partial charge in [0.05, 0.1) is 42.6 Å². The molecule has 0 spiro atoms. The Labute approximate surface area is 231 Å². The van der Waals surface area contributed by atoms with Crippen molar-refractivity contribution in [1.82, 2.24) is 25.8 Å². The predicted octanol–water partition coefficient (Wildman–Crippen LogP) is 0.0474. The first-order valence-electron chi connectivity index (χ1n) is 15.0. The fourth-order valence-electron chi connectivity index (χ4n) is 7.50. The molecular formula is C28H46N8O3. The van der Waals surface area contributed by atoms with Crippen LogP contribution in [-0.4, -0.2) is 102 Å². The number of aliphatic hydroxyl groups excluding tert-OH is 2. The van der Waals surface area contributed by atoms with Crippen LogP contribution in [0.1, 0.15) is 56.4 Å². The number of nitrogens with one attached hydrogen (secondary N) is 5. The zero-order valence-electron chi connectivity index (χ0n) is 22.9. The van der Waals surface area contributed by atoms with E-state index in [2.05, 4.69) is 61.6 Å². The normalized spacial score (nSPS) is 42.0. The van der Waals surface area contributed by atoms with E-state index in [1.54, 1.807) is 0 Å². The number of anilines is 2. The fourth-order valence-corrected chi connectivity index (χ4v) is 7.50. The van der Waals surface area contributed by atoms with Crippen molar-refractivity contribution in [3.8, 4) is 0 Å². The molecule has 11 heteroatoms. The second-order valence-electron chi connectivity index (χ2n) is 12.8. The minimum Gasteiger partial charge on any atom is -0.387 e. The van der Waals surface area contributed by atoms with E-state index in [0.717, 1.165) is 18.3 Å². The zero-order valence-corrected chi connectivity index (χ0v) is 22.9. The quantitative estimate of drug-likeness (QED) is 0.226. The summed E-state index contributed by atoms with van der Waals surface area (Å²) in [5.74, 6) is 1.49. The van der Waals surface area contributed by atoms with E-state index in [4.69, 9.17) is 10.5 Å². The van der Waals surface area contributed by atoms with Gasteiger partial charge in [0, 0.05) is 19.3 Å². The number of fused-ring (bicyclic) bond motifs is 2. The van der Waals surface area contributed by atoms with Gasteiger partial charge in [0.15, 0.2) is 0 Å². The average molecular weight is 543 g/mol. The molecule has 6 aliphatic rings. The largest absolute Gasteiger partial charge is 0.387 e. The Kier molecular flexibility index (Phi) is 7.23. The van der Waals surface area contributed by atoms with E-state index in [9.17, 15) is 10.2 Å². The minimum absolute atomic E-state index is 0.0222. The van der Waals surface area contributed by atoms with Gasteiger partial charge in [-0.2, -0.15) is 0 Å². The molecule has 5 fully saturated rings. The maximum absolute atomic E-state index is 10.9. The third kappa shape index (κ3) is 4.96. The topological polar surface area (TPSA) is 142 Å². The van der Waals surface area contributed by atoms with Crippen molar-refractivity contribution in [2.24, 2.45) is 11.7 Å². The minimum atomic E-state index is -0.952. The number of rotatable bonds is 8. The molecule has 7 rings (SSSR count). The Hall–Kier alpha value is -1.54. The fraction of sp³-hybridized carbons (Fsp3) is 0.786. The summed E-state index contributed by atoms with van der Waals surface area (Å²) in [6.07, 6.45) is 5.97. The van der Waals surface area contributed by atoms with Gasteiger partial charge in [0.2, 0.25) is 0 Å². The lowest BCUT2D eigenvalue weighted by Crippen LogP contribution is -2.68. The SMILES string of the molecule is CN(C[C@H]1O[C@@H](N2CNC3C(N)NCNC32)[C@H](O)[C@@H]1O)[C@H]1C[C@H](CCC2Nc3ccc(C4CCC4)cc3N2)C1. The summed E-state index contributed by atoms with van der Waals surface area (Å²) >= 11 is 0. The van der Waals surface area contributed by atoms with Crippen LogP contribution in [0.5, 0.6) is 0 Å². The number of aliphatic hydroxyl groups is 2. The number of ether oxygens (including phenoxy) is 1. The number of nitrogens with zero attached hydrogens (tertiary/aromatic N) is 2. The monoisotopic (exact) mass is 542 g/mol. The predicted molar refractivity (Wildman–Crippen MR) is 150 cm³/mol. The molecule has 0 amide bonds. The highest BCUT2D eigenvalue weighted by Gasteiger charge is 2.52. The van der Waals surface area contributed by atoms with E-state index >= 15 is 0 Å². The number of nitrogens with two attached hydrogens (primary N) is 1. The Morgan fingerprint density at radius 3 is 2.67 bits per heavy atom. The van der Waals surface area contributed by atoms with Crippen LogP contribution in [-0.2, 0) is 4.74 Å². The lowest BCUT2D eigenvalue weighted by Gasteiger charge is -2.42. The van der Waals surface area contributed by atoms with Gasteiger partial charge in [0.1, 0.15) is 24.5 Å².